The standard InChI is InChI=1S/C17H25N5O3/c1-12-11-16(20-25-12)19-17(24)13(2)21-7-4-14(5-8-21)15-3-6-18-22(15)9-10-23/h3,6,11,13-14,23H,4-5,7-10H2,1-2H3,(H,19,20,24)/t13-/m0/s1. The highest BCUT2D eigenvalue weighted by molar-refractivity contribution is 5.93. The van der Waals surface area contributed by atoms with Crippen LogP contribution in [0.25, 0.3) is 0 Å². The average Bonchev–Trinajstić information content (AvgIpc) is 3.24. The van der Waals surface area contributed by atoms with Crippen molar-refractivity contribution in [3.63, 3.8) is 0 Å². The SMILES string of the molecule is Cc1cc(NC(=O)[C@H](C)N2CCC(c3ccnn3CCO)CC2)no1. The summed E-state index contributed by atoms with van der Waals surface area (Å²) in [5.41, 5.74) is 1.17. The van der Waals surface area contributed by atoms with Gasteiger partial charge in [-0.1, -0.05) is 5.16 Å². The van der Waals surface area contributed by atoms with Crippen LogP contribution in [-0.4, -0.2) is 56.6 Å². The lowest BCUT2D eigenvalue weighted by Crippen LogP contribution is -2.46. The van der Waals surface area contributed by atoms with Gasteiger partial charge in [0, 0.05) is 23.9 Å². The fraction of sp³-hybridized carbons (Fsp3) is 0.588. The molecule has 0 spiro atoms. The molecule has 0 bridgehead atoms. The number of hydrogen-bond acceptors (Lipinski definition) is 6. The predicted octanol–water partition coefficient (Wildman–Crippen LogP) is 1.38. The molecule has 8 heteroatoms. The zero-order valence-corrected chi connectivity index (χ0v) is 14.7. The fourth-order valence-electron chi connectivity index (χ4n) is 3.38. The number of amides is 1. The fourth-order valence-corrected chi connectivity index (χ4v) is 3.38. The molecular formula is C17H25N5O3. The summed E-state index contributed by atoms with van der Waals surface area (Å²) in [7, 11) is 0. The van der Waals surface area contributed by atoms with Crippen LogP contribution >= 0.6 is 0 Å². The first-order valence-corrected chi connectivity index (χ1v) is 8.69. The van der Waals surface area contributed by atoms with Gasteiger partial charge in [-0.3, -0.25) is 14.4 Å². The third kappa shape index (κ3) is 4.08. The second-order valence-corrected chi connectivity index (χ2v) is 6.50. The van der Waals surface area contributed by atoms with Crippen LogP contribution in [-0.2, 0) is 11.3 Å². The molecule has 8 nitrogen and oxygen atoms in total. The first kappa shape index (κ1) is 17.6. The lowest BCUT2D eigenvalue weighted by Gasteiger charge is -2.35. The minimum Gasteiger partial charge on any atom is -0.394 e. The number of piperidine rings is 1. The highest BCUT2D eigenvalue weighted by Crippen LogP contribution is 2.28. The largest absolute Gasteiger partial charge is 0.394 e. The number of aliphatic hydroxyl groups is 1. The van der Waals surface area contributed by atoms with Crippen molar-refractivity contribution >= 4 is 11.7 Å². The Morgan fingerprint density at radius 3 is 2.88 bits per heavy atom. The number of likely N-dealkylation sites (tertiary alicyclic amines) is 1. The quantitative estimate of drug-likeness (QED) is 0.819. The van der Waals surface area contributed by atoms with Crippen molar-refractivity contribution in [3.05, 3.63) is 29.8 Å². The number of aromatic nitrogens is 3. The Bertz CT molecular complexity index is 703. The van der Waals surface area contributed by atoms with Gasteiger partial charge in [0.25, 0.3) is 0 Å². The molecule has 3 heterocycles. The van der Waals surface area contributed by atoms with Gasteiger partial charge in [0.1, 0.15) is 5.76 Å². The van der Waals surface area contributed by atoms with Crippen molar-refractivity contribution in [3.8, 4) is 0 Å². The van der Waals surface area contributed by atoms with Crippen LogP contribution in [0.15, 0.2) is 22.9 Å². The maximum absolute atomic E-state index is 12.4. The number of hydrogen-bond donors (Lipinski definition) is 2. The van der Waals surface area contributed by atoms with Crippen LogP contribution in [0.1, 0.15) is 37.1 Å². The van der Waals surface area contributed by atoms with E-state index in [1.807, 2.05) is 17.7 Å². The van der Waals surface area contributed by atoms with Gasteiger partial charge >= 0.3 is 0 Å². The zero-order valence-electron chi connectivity index (χ0n) is 14.7. The molecule has 2 N–H and O–H groups in total. The van der Waals surface area contributed by atoms with Crippen LogP contribution in [0.3, 0.4) is 0 Å². The topological polar surface area (TPSA) is 96.4 Å². The molecule has 3 rings (SSSR count). The molecule has 25 heavy (non-hydrogen) atoms. The van der Waals surface area contributed by atoms with E-state index in [4.69, 9.17) is 9.63 Å². The van der Waals surface area contributed by atoms with E-state index in [-0.39, 0.29) is 18.6 Å². The number of nitrogens with one attached hydrogen (secondary N) is 1. The van der Waals surface area contributed by atoms with Crippen molar-refractivity contribution in [2.24, 2.45) is 0 Å². The van der Waals surface area contributed by atoms with Crippen LogP contribution in [0.4, 0.5) is 5.82 Å². The molecule has 0 aromatic carbocycles. The Morgan fingerprint density at radius 1 is 1.48 bits per heavy atom. The smallest absolute Gasteiger partial charge is 0.242 e. The molecule has 1 fully saturated rings. The van der Waals surface area contributed by atoms with E-state index in [9.17, 15) is 4.79 Å². The maximum Gasteiger partial charge on any atom is 0.242 e. The molecule has 0 radical (unpaired) electrons. The zero-order chi connectivity index (χ0) is 17.8. The maximum atomic E-state index is 12.4. The summed E-state index contributed by atoms with van der Waals surface area (Å²) in [6, 6.07) is 3.51. The van der Waals surface area contributed by atoms with Gasteiger partial charge in [-0.15, -0.1) is 0 Å². The first-order chi connectivity index (χ1) is 12.1. The highest BCUT2D eigenvalue weighted by Gasteiger charge is 2.28. The predicted molar refractivity (Wildman–Crippen MR) is 92.2 cm³/mol. The Hall–Kier alpha value is -2.19. The molecule has 1 saturated heterocycles. The van der Waals surface area contributed by atoms with Gasteiger partial charge < -0.3 is 14.9 Å². The van der Waals surface area contributed by atoms with Gasteiger partial charge in [-0.2, -0.15) is 5.10 Å². The monoisotopic (exact) mass is 347 g/mol. The molecule has 0 unspecified atom stereocenters. The lowest BCUT2D eigenvalue weighted by atomic mass is 9.92. The van der Waals surface area contributed by atoms with E-state index >= 15 is 0 Å². The van der Waals surface area contributed by atoms with E-state index in [0.29, 0.717) is 24.0 Å². The lowest BCUT2D eigenvalue weighted by molar-refractivity contribution is -0.121. The van der Waals surface area contributed by atoms with Crippen molar-refractivity contribution in [1.82, 2.24) is 19.8 Å². The Kier molecular flexibility index (Phi) is 5.50. The van der Waals surface area contributed by atoms with Crippen LogP contribution < -0.4 is 5.32 Å². The molecule has 1 atom stereocenters. The molecule has 2 aromatic rings. The second-order valence-electron chi connectivity index (χ2n) is 6.50. The first-order valence-electron chi connectivity index (χ1n) is 8.69. The van der Waals surface area contributed by atoms with Crippen molar-refractivity contribution < 1.29 is 14.4 Å². The van der Waals surface area contributed by atoms with Crippen molar-refractivity contribution in [1.29, 1.82) is 0 Å². The minimum absolute atomic E-state index is 0.0722. The third-order valence-electron chi connectivity index (χ3n) is 4.82. The molecule has 136 valence electrons. The van der Waals surface area contributed by atoms with E-state index in [0.717, 1.165) is 25.9 Å². The van der Waals surface area contributed by atoms with Crippen molar-refractivity contribution in [2.75, 3.05) is 25.0 Å². The van der Waals surface area contributed by atoms with Crippen LogP contribution in [0.2, 0.25) is 0 Å². The van der Waals surface area contributed by atoms with Crippen LogP contribution in [0.5, 0.6) is 0 Å². The summed E-state index contributed by atoms with van der Waals surface area (Å²) in [5, 5.41) is 20.0. The van der Waals surface area contributed by atoms with E-state index in [1.165, 1.54) is 5.69 Å². The summed E-state index contributed by atoms with van der Waals surface area (Å²) in [5.74, 6) is 1.47. The normalized spacial score (nSPS) is 17.6. The molecule has 0 aliphatic carbocycles. The number of aryl methyl sites for hydroxylation is 1. The summed E-state index contributed by atoms with van der Waals surface area (Å²) in [6.07, 6.45) is 3.73. The van der Waals surface area contributed by atoms with Gasteiger partial charge in [0.05, 0.1) is 19.2 Å². The molecule has 0 saturated carbocycles. The Balaban J connectivity index is 1.54. The third-order valence-corrected chi connectivity index (χ3v) is 4.82. The van der Waals surface area contributed by atoms with E-state index < -0.39 is 0 Å². The van der Waals surface area contributed by atoms with Crippen LogP contribution in [0, 0.1) is 6.92 Å². The summed E-state index contributed by atoms with van der Waals surface area (Å²) < 4.78 is 6.85. The van der Waals surface area contributed by atoms with E-state index in [2.05, 4.69) is 20.5 Å². The molecule has 1 aliphatic rings. The van der Waals surface area contributed by atoms with Gasteiger partial charge in [0.2, 0.25) is 5.91 Å². The number of aliphatic hydroxyl groups excluding tert-OH is 1. The second kappa shape index (κ2) is 7.79. The molecule has 1 amide bonds. The molecular weight excluding hydrogens is 322 g/mol. The molecule has 1 aliphatic heterocycles. The summed E-state index contributed by atoms with van der Waals surface area (Å²) >= 11 is 0. The number of carbonyl (C=O) groups excluding carboxylic acids is 1. The summed E-state index contributed by atoms with van der Waals surface area (Å²) in [6.45, 7) is 6.02. The minimum atomic E-state index is -0.222. The Morgan fingerprint density at radius 2 is 2.24 bits per heavy atom. The molecule has 2 aromatic heterocycles. The number of nitrogens with zero attached hydrogens (tertiary/aromatic N) is 4. The number of anilines is 1. The average molecular weight is 347 g/mol. The van der Waals surface area contributed by atoms with Gasteiger partial charge in [-0.25, -0.2) is 0 Å². The number of rotatable bonds is 6. The number of carbonyl (C=O) groups is 1. The highest BCUT2D eigenvalue weighted by atomic mass is 16.5. The Labute approximate surface area is 146 Å². The van der Waals surface area contributed by atoms with Crippen molar-refractivity contribution in [2.45, 2.75) is 45.2 Å². The van der Waals surface area contributed by atoms with E-state index in [1.54, 1.807) is 19.2 Å². The van der Waals surface area contributed by atoms with Gasteiger partial charge in [0.15, 0.2) is 5.82 Å². The summed E-state index contributed by atoms with van der Waals surface area (Å²) in [4.78, 5) is 14.6. The van der Waals surface area contributed by atoms with Gasteiger partial charge in [-0.05, 0) is 45.8 Å².